The van der Waals surface area contributed by atoms with Crippen molar-refractivity contribution in [3.63, 3.8) is 0 Å². The van der Waals surface area contributed by atoms with Crippen LogP contribution < -0.4 is 16.4 Å². The summed E-state index contributed by atoms with van der Waals surface area (Å²) in [6, 6.07) is 24.9. The Bertz CT molecular complexity index is 1380. The molecule has 0 fully saturated rings. The first-order valence-corrected chi connectivity index (χ1v) is 11.9. The first-order valence-electron chi connectivity index (χ1n) is 10.7. The summed E-state index contributed by atoms with van der Waals surface area (Å²) in [5.74, 6) is -0.303. The van der Waals surface area contributed by atoms with Crippen LogP contribution in [0.25, 0.3) is 11.0 Å². The highest BCUT2D eigenvalue weighted by Crippen LogP contribution is 2.15. The number of nitrogens with one attached hydrogen (secondary N) is 1. The van der Waals surface area contributed by atoms with E-state index in [2.05, 4.69) is 17.4 Å². The van der Waals surface area contributed by atoms with E-state index in [9.17, 15) is 14.4 Å². The lowest BCUT2D eigenvalue weighted by atomic mass is 10.1. The third-order valence-corrected chi connectivity index (χ3v) is 6.26. The van der Waals surface area contributed by atoms with Crippen molar-refractivity contribution in [1.82, 2.24) is 14.5 Å². The molecule has 0 aliphatic heterocycles. The first kappa shape index (κ1) is 22.6. The van der Waals surface area contributed by atoms with Crippen molar-refractivity contribution < 1.29 is 4.79 Å². The number of para-hydroxylation sites is 2. The Morgan fingerprint density at radius 3 is 2.06 bits per heavy atom. The highest BCUT2D eigenvalue weighted by atomic mass is 32.2. The number of hydrogen-bond acceptors (Lipinski definition) is 4. The molecule has 0 spiro atoms. The number of nitrogens with zero attached hydrogens (tertiary/aromatic N) is 2. The van der Waals surface area contributed by atoms with Crippen LogP contribution in [-0.2, 0) is 24.3 Å². The van der Waals surface area contributed by atoms with Crippen molar-refractivity contribution in [2.45, 2.75) is 24.4 Å². The number of aromatic nitrogens is 2. The van der Waals surface area contributed by atoms with E-state index >= 15 is 0 Å². The van der Waals surface area contributed by atoms with Crippen LogP contribution in [0, 0.1) is 0 Å². The van der Waals surface area contributed by atoms with Crippen LogP contribution >= 0.6 is 11.8 Å². The van der Waals surface area contributed by atoms with Crippen LogP contribution in [0.4, 0.5) is 0 Å². The summed E-state index contributed by atoms with van der Waals surface area (Å²) < 4.78 is 2.74. The summed E-state index contributed by atoms with van der Waals surface area (Å²) in [6.45, 7) is 0.541. The van der Waals surface area contributed by atoms with E-state index in [4.69, 9.17) is 0 Å². The van der Waals surface area contributed by atoms with Gasteiger partial charge in [-0.05, 0) is 48.1 Å². The summed E-state index contributed by atoms with van der Waals surface area (Å²) >= 11 is 1.68. The van der Waals surface area contributed by atoms with Gasteiger partial charge >= 0.3 is 11.1 Å². The molecule has 1 amide bonds. The Kier molecular flexibility index (Phi) is 7.10. The minimum Gasteiger partial charge on any atom is -0.354 e. The zero-order chi connectivity index (χ0) is 23.2. The standard InChI is InChI=1S/C26H25N3O3S/c1-33-21-13-11-19(12-14-21)15-16-27-24(30)18-29-23-10-6-5-9-22(23)28(25(31)26(29)32)17-20-7-3-2-4-8-20/h2-14H,15-18H2,1H3,(H,27,30). The molecule has 3 aromatic carbocycles. The van der Waals surface area contributed by atoms with Crippen molar-refractivity contribution in [3.05, 3.63) is 111 Å². The second-order valence-corrected chi connectivity index (χ2v) is 8.58. The summed E-state index contributed by atoms with van der Waals surface area (Å²) in [5.41, 5.74) is 1.88. The van der Waals surface area contributed by atoms with Crippen LogP contribution in [0.1, 0.15) is 11.1 Å². The molecule has 1 aromatic heterocycles. The van der Waals surface area contributed by atoms with Crippen LogP contribution in [0.2, 0.25) is 0 Å². The molecule has 0 radical (unpaired) electrons. The molecule has 0 aliphatic carbocycles. The Morgan fingerprint density at radius 2 is 1.39 bits per heavy atom. The number of hydrogen-bond donors (Lipinski definition) is 1. The summed E-state index contributed by atoms with van der Waals surface area (Å²) in [4.78, 5) is 39.7. The lowest BCUT2D eigenvalue weighted by Gasteiger charge is -2.15. The molecule has 0 unspecified atom stereocenters. The van der Waals surface area contributed by atoms with Crippen molar-refractivity contribution in [3.8, 4) is 0 Å². The fourth-order valence-corrected chi connectivity index (χ4v) is 4.20. The van der Waals surface area contributed by atoms with E-state index in [1.807, 2.05) is 54.8 Å². The van der Waals surface area contributed by atoms with Gasteiger partial charge in [0.05, 0.1) is 17.6 Å². The van der Waals surface area contributed by atoms with Gasteiger partial charge in [0.15, 0.2) is 0 Å². The normalized spacial score (nSPS) is 10.9. The maximum Gasteiger partial charge on any atom is 0.317 e. The van der Waals surface area contributed by atoms with Gasteiger partial charge in [-0.2, -0.15) is 0 Å². The first-order chi connectivity index (χ1) is 16.1. The third kappa shape index (κ3) is 5.26. The number of thioether (sulfide) groups is 1. The number of amides is 1. The van der Waals surface area contributed by atoms with E-state index in [-0.39, 0.29) is 19.0 Å². The molecule has 4 aromatic rings. The highest BCUT2D eigenvalue weighted by Gasteiger charge is 2.15. The fraction of sp³-hybridized carbons (Fsp3) is 0.192. The average molecular weight is 460 g/mol. The molecule has 0 saturated carbocycles. The van der Waals surface area contributed by atoms with Gasteiger partial charge in [-0.25, -0.2) is 0 Å². The number of benzene rings is 3. The number of carbonyl (C=O) groups is 1. The van der Waals surface area contributed by atoms with Crippen molar-refractivity contribution in [2.24, 2.45) is 0 Å². The highest BCUT2D eigenvalue weighted by molar-refractivity contribution is 7.98. The summed E-state index contributed by atoms with van der Waals surface area (Å²) in [5, 5.41) is 2.86. The summed E-state index contributed by atoms with van der Waals surface area (Å²) in [7, 11) is 0. The van der Waals surface area contributed by atoms with E-state index < -0.39 is 11.1 Å². The predicted octanol–water partition coefficient (Wildman–Crippen LogP) is 3.29. The Hall–Kier alpha value is -3.58. The Morgan fingerprint density at radius 1 is 0.788 bits per heavy atom. The van der Waals surface area contributed by atoms with E-state index in [1.54, 1.807) is 30.0 Å². The van der Waals surface area contributed by atoms with E-state index in [0.29, 0.717) is 24.0 Å². The molecule has 0 atom stereocenters. The SMILES string of the molecule is CSc1ccc(CCNC(=O)Cn2c(=O)c(=O)n(Cc3ccccc3)c3ccccc32)cc1. The largest absolute Gasteiger partial charge is 0.354 e. The van der Waals surface area contributed by atoms with Crippen LogP contribution in [0.15, 0.2) is 93.3 Å². The van der Waals surface area contributed by atoms with Gasteiger partial charge in [-0.1, -0.05) is 54.6 Å². The van der Waals surface area contributed by atoms with Gasteiger partial charge in [0.25, 0.3) is 0 Å². The number of carbonyl (C=O) groups excluding carboxylic acids is 1. The molecule has 1 heterocycles. The molecule has 33 heavy (non-hydrogen) atoms. The van der Waals surface area contributed by atoms with Gasteiger partial charge in [-0.15, -0.1) is 11.8 Å². The van der Waals surface area contributed by atoms with E-state index in [1.165, 1.54) is 14.0 Å². The summed E-state index contributed by atoms with van der Waals surface area (Å²) in [6.07, 6.45) is 2.72. The lowest BCUT2D eigenvalue weighted by Crippen LogP contribution is -2.44. The molecule has 1 N–H and O–H groups in total. The molecule has 0 aliphatic rings. The van der Waals surface area contributed by atoms with Crippen molar-refractivity contribution in [2.75, 3.05) is 12.8 Å². The van der Waals surface area contributed by atoms with Crippen molar-refractivity contribution in [1.29, 1.82) is 0 Å². The third-order valence-electron chi connectivity index (χ3n) is 5.52. The molecule has 0 bridgehead atoms. The van der Waals surface area contributed by atoms with Gasteiger partial charge in [0.1, 0.15) is 6.54 Å². The second kappa shape index (κ2) is 10.4. The van der Waals surface area contributed by atoms with Crippen LogP contribution in [-0.4, -0.2) is 27.8 Å². The topological polar surface area (TPSA) is 73.1 Å². The lowest BCUT2D eigenvalue weighted by molar-refractivity contribution is -0.121. The molecule has 4 rings (SSSR count). The smallest absolute Gasteiger partial charge is 0.317 e. The number of rotatable bonds is 8. The van der Waals surface area contributed by atoms with Gasteiger partial charge in [0.2, 0.25) is 5.91 Å². The average Bonchev–Trinajstić information content (AvgIpc) is 2.85. The van der Waals surface area contributed by atoms with Crippen LogP contribution in [0.3, 0.4) is 0 Å². The van der Waals surface area contributed by atoms with Gasteiger partial charge in [0, 0.05) is 11.4 Å². The monoisotopic (exact) mass is 459 g/mol. The molecule has 6 nitrogen and oxygen atoms in total. The minimum atomic E-state index is -0.701. The number of fused-ring (bicyclic) bond motifs is 1. The maximum absolute atomic E-state index is 12.9. The molecule has 7 heteroatoms. The minimum absolute atomic E-state index is 0.202. The Labute approximate surface area is 195 Å². The molecular formula is C26H25N3O3S. The Balaban J connectivity index is 1.53. The van der Waals surface area contributed by atoms with Gasteiger partial charge < -0.3 is 5.32 Å². The quantitative estimate of drug-likeness (QED) is 0.324. The van der Waals surface area contributed by atoms with Crippen molar-refractivity contribution >= 4 is 28.7 Å². The molecular weight excluding hydrogens is 434 g/mol. The predicted molar refractivity (Wildman–Crippen MR) is 133 cm³/mol. The van der Waals surface area contributed by atoms with Crippen LogP contribution in [0.5, 0.6) is 0 Å². The molecule has 0 saturated heterocycles. The second-order valence-electron chi connectivity index (χ2n) is 7.70. The zero-order valence-corrected chi connectivity index (χ0v) is 19.2. The van der Waals surface area contributed by atoms with E-state index in [0.717, 1.165) is 11.1 Å². The fourth-order valence-electron chi connectivity index (χ4n) is 3.79. The zero-order valence-electron chi connectivity index (χ0n) is 18.4. The molecule has 168 valence electrons. The van der Waals surface area contributed by atoms with Gasteiger partial charge in [-0.3, -0.25) is 23.5 Å². The maximum atomic E-state index is 12.9.